The van der Waals surface area contributed by atoms with Gasteiger partial charge in [-0.3, -0.25) is 9.59 Å². The zero-order chi connectivity index (χ0) is 25.9. The predicted molar refractivity (Wildman–Crippen MR) is 139 cm³/mol. The lowest BCUT2D eigenvalue weighted by atomic mass is 9.95. The largest absolute Gasteiger partial charge is 0.503 e. The Bertz CT molecular complexity index is 1490. The van der Waals surface area contributed by atoms with Crippen LogP contribution in [0.25, 0.3) is 11.0 Å². The molecule has 1 unspecified atom stereocenters. The van der Waals surface area contributed by atoms with Crippen molar-refractivity contribution in [3.05, 3.63) is 112 Å². The molecule has 37 heavy (non-hydrogen) atoms. The standard InChI is InChI=1S/C29H24ClNO6/c1-35-13-12-31-26(19-8-5-9-22(15-19)36-17-18-6-3-2-4-7-18)25(28(33)29(31)34)27(32)24-16-20-14-21(30)10-11-23(20)37-24/h2-11,14-16,26,33H,12-13,17H2,1H3. The Balaban J connectivity index is 1.51. The van der Waals surface area contributed by atoms with Crippen LogP contribution >= 0.6 is 11.6 Å². The zero-order valence-corrected chi connectivity index (χ0v) is 20.8. The quantitative estimate of drug-likeness (QED) is 0.278. The summed E-state index contributed by atoms with van der Waals surface area (Å²) in [5, 5.41) is 12.0. The van der Waals surface area contributed by atoms with Crippen LogP contribution in [-0.2, 0) is 16.1 Å². The number of fused-ring (bicyclic) bond motifs is 1. The van der Waals surface area contributed by atoms with Gasteiger partial charge in [0.15, 0.2) is 11.5 Å². The Morgan fingerprint density at radius 2 is 1.86 bits per heavy atom. The van der Waals surface area contributed by atoms with Gasteiger partial charge in [0.2, 0.25) is 5.78 Å². The molecule has 1 aliphatic heterocycles. The van der Waals surface area contributed by atoms with Gasteiger partial charge < -0.3 is 23.9 Å². The third-order valence-electron chi connectivity index (χ3n) is 6.21. The summed E-state index contributed by atoms with van der Waals surface area (Å²) in [6, 6.07) is 22.6. The summed E-state index contributed by atoms with van der Waals surface area (Å²) in [6.07, 6.45) is 0. The Morgan fingerprint density at radius 1 is 1.05 bits per heavy atom. The second-order valence-corrected chi connectivity index (χ2v) is 9.06. The molecular formula is C29H24ClNO6. The van der Waals surface area contributed by atoms with Gasteiger partial charge in [-0.25, -0.2) is 0 Å². The third-order valence-corrected chi connectivity index (χ3v) is 6.44. The number of furan rings is 1. The predicted octanol–water partition coefficient (Wildman–Crippen LogP) is 5.89. The fraction of sp³-hybridized carbons (Fsp3) is 0.172. The normalized spacial score (nSPS) is 15.6. The lowest BCUT2D eigenvalue weighted by Crippen LogP contribution is -2.34. The first-order valence-corrected chi connectivity index (χ1v) is 12.1. The van der Waals surface area contributed by atoms with Crippen LogP contribution in [0.3, 0.4) is 0 Å². The second-order valence-electron chi connectivity index (χ2n) is 8.62. The van der Waals surface area contributed by atoms with Crippen molar-refractivity contribution in [2.45, 2.75) is 12.6 Å². The number of ether oxygens (including phenoxy) is 2. The van der Waals surface area contributed by atoms with E-state index in [-0.39, 0.29) is 24.5 Å². The molecule has 1 aliphatic rings. The van der Waals surface area contributed by atoms with Crippen LogP contribution < -0.4 is 4.74 Å². The van der Waals surface area contributed by atoms with Crippen molar-refractivity contribution in [3.8, 4) is 5.75 Å². The highest BCUT2D eigenvalue weighted by molar-refractivity contribution is 6.31. The van der Waals surface area contributed by atoms with E-state index in [1.165, 1.54) is 12.0 Å². The van der Waals surface area contributed by atoms with Gasteiger partial charge in [0.05, 0.1) is 18.2 Å². The highest BCUT2D eigenvalue weighted by Gasteiger charge is 2.44. The van der Waals surface area contributed by atoms with E-state index in [9.17, 15) is 14.7 Å². The molecule has 5 rings (SSSR count). The van der Waals surface area contributed by atoms with Crippen molar-refractivity contribution in [2.24, 2.45) is 0 Å². The SMILES string of the molecule is COCCN1C(=O)C(O)=C(C(=O)c2cc3cc(Cl)ccc3o2)C1c1cccc(OCc2ccccc2)c1. The molecule has 0 aliphatic carbocycles. The molecule has 8 heteroatoms. The van der Waals surface area contributed by atoms with Gasteiger partial charge in [-0.05, 0) is 47.5 Å². The summed E-state index contributed by atoms with van der Waals surface area (Å²) in [4.78, 5) is 28.2. The maximum absolute atomic E-state index is 13.7. The van der Waals surface area contributed by atoms with Crippen molar-refractivity contribution >= 4 is 34.3 Å². The number of methoxy groups -OCH3 is 1. The van der Waals surface area contributed by atoms with Crippen LogP contribution in [0.1, 0.15) is 27.7 Å². The van der Waals surface area contributed by atoms with E-state index in [2.05, 4.69) is 0 Å². The minimum Gasteiger partial charge on any atom is -0.503 e. The van der Waals surface area contributed by atoms with Crippen LogP contribution in [0.5, 0.6) is 5.75 Å². The average molecular weight is 518 g/mol. The topological polar surface area (TPSA) is 89.2 Å². The van der Waals surface area contributed by atoms with Gasteiger partial charge in [-0.2, -0.15) is 0 Å². The number of carbonyl (C=O) groups is 2. The van der Waals surface area contributed by atoms with E-state index in [0.29, 0.717) is 33.9 Å². The Kier molecular flexibility index (Phi) is 6.99. The Labute approximate surface area is 218 Å². The first-order valence-electron chi connectivity index (χ1n) is 11.7. The summed E-state index contributed by atoms with van der Waals surface area (Å²) in [7, 11) is 1.52. The molecule has 3 aromatic carbocycles. The Hall–Kier alpha value is -4.07. The van der Waals surface area contributed by atoms with E-state index in [4.69, 9.17) is 25.5 Å². The molecule has 188 valence electrons. The minimum absolute atomic E-state index is 0.00157. The summed E-state index contributed by atoms with van der Waals surface area (Å²) in [5.41, 5.74) is 2.03. The van der Waals surface area contributed by atoms with Crippen LogP contribution in [0.15, 0.2) is 94.6 Å². The van der Waals surface area contributed by atoms with Crippen molar-refractivity contribution in [1.82, 2.24) is 4.90 Å². The van der Waals surface area contributed by atoms with E-state index in [1.54, 1.807) is 48.5 Å². The molecule has 0 bridgehead atoms. The molecule has 1 amide bonds. The van der Waals surface area contributed by atoms with Crippen molar-refractivity contribution in [1.29, 1.82) is 0 Å². The maximum Gasteiger partial charge on any atom is 0.290 e. The first-order chi connectivity index (χ1) is 18.0. The maximum atomic E-state index is 13.7. The molecule has 1 N–H and O–H groups in total. The number of carbonyl (C=O) groups excluding carboxylic acids is 2. The van der Waals surface area contributed by atoms with Gasteiger partial charge >= 0.3 is 0 Å². The fourth-order valence-corrected chi connectivity index (χ4v) is 4.61. The molecular weight excluding hydrogens is 494 g/mol. The summed E-state index contributed by atoms with van der Waals surface area (Å²) in [6.45, 7) is 0.756. The van der Waals surface area contributed by atoms with Crippen LogP contribution in [0.4, 0.5) is 0 Å². The van der Waals surface area contributed by atoms with Crippen LogP contribution in [0.2, 0.25) is 5.02 Å². The van der Waals surface area contributed by atoms with Crippen LogP contribution in [0, 0.1) is 0 Å². The number of hydrogen-bond acceptors (Lipinski definition) is 6. The molecule has 0 fully saturated rings. The highest BCUT2D eigenvalue weighted by Crippen LogP contribution is 2.40. The monoisotopic (exact) mass is 517 g/mol. The number of hydrogen-bond donors (Lipinski definition) is 1. The molecule has 7 nitrogen and oxygen atoms in total. The number of aliphatic hydroxyl groups is 1. The smallest absolute Gasteiger partial charge is 0.290 e. The van der Waals surface area contributed by atoms with Gasteiger partial charge in [-0.1, -0.05) is 54.1 Å². The molecule has 1 aromatic heterocycles. The van der Waals surface area contributed by atoms with Crippen molar-refractivity contribution in [2.75, 3.05) is 20.3 Å². The van der Waals surface area contributed by atoms with E-state index in [0.717, 1.165) is 5.56 Å². The van der Waals surface area contributed by atoms with Gasteiger partial charge in [0.1, 0.15) is 17.9 Å². The number of benzene rings is 3. The number of halogens is 1. The van der Waals surface area contributed by atoms with E-state index < -0.39 is 23.5 Å². The Morgan fingerprint density at radius 3 is 2.65 bits per heavy atom. The number of nitrogens with zero attached hydrogens (tertiary/aromatic N) is 1. The summed E-state index contributed by atoms with van der Waals surface area (Å²) < 4.78 is 16.9. The zero-order valence-electron chi connectivity index (χ0n) is 20.0. The molecule has 0 spiro atoms. The molecule has 2 heterocycles. The van der Waals surface area contributed by atoms with Crippen molar-refractivity contribution in [3.63, 3.8) is 0 Å². The third kappa shape index (κ3) is 4.96. The second kappa shape index (κ2) is 10.5. The fourth-order valence-electron chi connectivity index (χ4n) is 4.43. The number of rotatable bonds is 9. The van der Waals surface area contributed by atoms with Gasteiger partial charge in [0.25, 0.3) is 5.91 Å². The summed E-state index contributed by atoms with van der Waals surface area (Å²) >= 11 is 6.08. The minimum atomic E-state index is -0.854. The number of ketones is 1. The van der Waals surface area contributed by atoms with E-state index in [1.807, 2.05) is 30.3 Å². The number of aliphatic hydroxyl groups excluding tert-OH is 1. The van der Waals surface area contributed by atoms with Crippen LogP contribution in [-0.4, -0.2) is 42.0 Å². The lowest BCUT2D eigenvalue weighted by Gasteiger charge is -2.26. The molecule has 0 saturated heterocycles. The first kappa shape index (κ1) is 24.6. The molecule has 0 saturated carbocycles. The molecule has 1 atom stereocenters. The summed E-state index contributed by atoms with van der Waals surface area (Å²) in [5.74, 6) is -1.28. The van der Waals surface area contributed by atoms with Gasteiger partial charge in [-0.15, -0.1) is 0 Å². The van der Waals surface area contributed by atoms with Gasteiger partial charge in [0, 0.05) is 24.1 Å². The lowest BCUT2D eigenvalue weighted by molar-refractivity contribution is -0.130. The molecule has 0 radical (unpaired) electrons. The average Bonchev–Trinajstić information content (AvgIpc) is 3.45. The molecule has 4 aromatic rings. The van der Waals surface area contributed by atoms with E-state index >= 15 is 0 Å². The number of amides is 1. The van der Waals surface area contributed by atoms with Crippen molar-refractivity contribution < 1.29 is 28.6 Å². The highest BCUT2D eigenvalue weighted by atomic mass is 35.5. The number of Topliss-reactive ketones (excluding diaryl/α,β-unsaturated/α-hetero) is 1.